The fourth-order valence-electron chi connectivity index (χ4n) is 1.51. The third kappa shape index (κ3) is 1.93. The minimum absolute atomic E-state index is 0.0619. The molecule has 92 valence electrons. The lowest BCUT2D eigenvalue weighted by Gasteiger charge is -2.04. The van der Waals surface area contributed by atoms with E-state index in [-0.39, 0.29) is 28.5 Å². The zero-order chi connectivity index (χ0) is 13.3. The monoisotopic (exact) mass is 246 g/mol. The van der Waals surface area contributed by atoms with Crippen LogP contribution in [-0.4, -0.2) is 14.9 Å². The summed E-state index contributed by atoms with van der Waals surface area (Å²) in [4.78, 5) is 28.4. The van der Waals surface area contributed by atoms with Gasteiger partial charge in [0.15, 0.2) is 0 Å². The minimum Gasteiger partial charge on any atom is -0.383 e. The fraction of sp³-hybridized carbons (Fsp3) is 0.0909. The van der Waals surface area contributed by atoms with Crippen molar-refractivity contribution in [1.82, 2.24) is 9.97 Å². The van der Waals surface area contributed by atoms with Crippen molar-refractivity contribution in [2.24, 2.45) is 0 Å². The molecule has 0 fully saturated rings. The lowest BCUT2D eigenvalue weighted by atomic mass is 10.1. The molecule has 0 radical (unpaired) electrons. The summed E-state index contributed by atoms with van der Waals surface area (Å²) in [6.07, 6.45) is 0. The van der Waals surface area contributed by atoms with Crippen LogP contribution in [0, 0.1) is 17.0 Å². The first kappa shape index (κ1) is 11.8. The minimum atomic E-state index is -0.536. The van der Waals surface area contributed by atoms with Gasteiger partial charge in [-0.3, -0.25) is 14.9 Å². The van der Waals surface area contributed by atoms with E-state index in [2.05, 4.69) is 9.97 Å². The summed E-state index contributed by atoms with van der Waals surface area (Å²) < 4.78 is 0. The molecule has 2 aromatic rings. The highest BCUT2D eigenvalue weighted by molar-refractivity contribution is 5.68. The number of rotatable bonds is 2. The lowest BCUT2D eigenvalue weighted by molar-refractivity contribution is -0.384. The number of para-hydroxylation sites is 1. The number of nitro benzene ring substituents is 1. The number of nitrogens with zero attached hydrogens (tertiary/aromatic N) is 2. The Morgan fingerprint density at radius 3 is 2.67 bits per heavy atom. The third-order valence-electron chi connectivity index (χ3n) is 2.54. The van der Waals surface area contributed by atoms with Crippen LogP contribution in [0.2, 0.25) is 0 Å². The molecule has 0 bridgehead atoms. The number of nitrogens with two attached hydrogens (primary N) is 1. The molecule has 0 aliphatic heterocycles. The second kappa shape index (κ2) is 4.28. The molecule has 0 atom stereocenters. The Bertz CT molecular complexity index is 678. The summed E-state index contributed by atoms with van der Waals surface area (Å²) in [6.45, 7) is 1.53. The summed E-state index contributed by atoms with van der Waals surface area (Å²) >= 11 is 0. The molecule has 0 spiro atoms. The highest BCUT2D eigenvalue weighted by Crippen LogP contribution is 2.26. The van der Waals surface area contributed by atoms with Crippen molar-refractivity contribution in [3.8, 4) is 11.4 Å². The molecule has 18 heavy (non-hydrogen) atoms. The molecular weight excluding hydrogens is 236 g/mol. The molecular formula is C11H10N4O3. The molecule has 1 aromatic heterocycles. The maximum Gasteiger partial charge on any atom is 0.280 e. The number of hydrogen-bond donors (Lipinski definition) is 2. The highest BCUT2D eigenvalue weighted by atomic mass is 16.6. The van der Waals surface area contributed by atoms with E-state index in [1.54, 1.807) is 6.07 Å². The number of anilines is 1. The topological polar surface area (TPSA) is 115 Å². The van der Waals surface area contributed by atoms with Gasteiger partial charge in [0, 0.05) is 6.07 Å². The van der Waals surface area contributed by atoms with E-state index in [1.165, 1.54) is 25.1 Å². The number of benzene rings is 1. The van der Waals surface area contributed by atoms with Gasteiger partial charge in [0.25, 0.3) is 11.2 Å². The first-order chi connectivity index (χ1) is 8.50. The Balaban J connectivity index is 2.70. The molecule has 0 unspecified atom stereocenters. The molecule has 3 N–H and O–H groups in total. The Labute approximate surface area is 101 Å². The van der Waals surface area contributed by atoms with Gasteiger partial charge in [-0.2, -0.15) is 0 Å². The van der Waals surface area contributed by atoms with E-state index >= 15 is 0 Å². The lowest BCUT2D eigenvalue weighted by Crippen LogP contribution is -2.15. The normalized spacial score (nSPS) is 10.3. The Morgan fingerprint density at radius 2 is 2.06 bits per heavy atom. The van der Waals surface area contributed by atoms with Crippen molar-refractivity contribution in [2.75, 3.05) is 5.73 Å². The van der Waals surface area contributed by atoms with Gasteiger partial charge in [0.2, 0.25) is 0 Å². The number of aromatic nitrogens is 2. The molecule has 0 aliphatic carbocycles. The van der Waals surface area contributed by atoms with Crippen LogP contribution < -0.4 is 11.3 Å². The molecule has 0 saturated heterocycles. The van der Waals surface area contributed by atoms with Crippen molar-refractivity contribution < 1.29 is 4.92 Å². The maximum atomic E-state index is 11.6. The predicted octanol–water partition coefficient (Wildman–Crippen LogP) is 1.24. The van der Waals surface area contributed by atoms with E-state index in [0.29, 0.717) is 0 Å². The quantitative estimate of drug-likeness (QED) is 0.610. The van der Waals surface area contributed by atoms with Gasteiger partial charge in [-0.25, -0.2) is 4.98 Å². The number of nitrogens with one attached hydrogen (secondary N) is 1. The average Bonchev–Trinajstić information content (AvgIpc) is 2.35. The van der Waals surface area contributed by atoms with E-state index in [0.717, 1.165) is 0 Å². The second-order valence-electron chi connectivity index (χ2n) is 3.70. The molecule has 1 aromatic carbocycles. The van der Waals surface area contributed by atoms with Crippen LogP contribution in [0.15, 0.2) is 29.1 Å². The third-order valence-corrected chi connectivity index (χ3v) is 2.54. The van der Waals surface area contributed by atoms with Crippen LogP contribution in [0.25, 0.3) is 11.4 Å². The zero-order valence-electron chi connectivity index (χ0n) is 9.51. The van der Waals surface area contributed by atoms with Crippen molar-refractivity contribution in [1.29, 1.82) is 0 Å². The number of aromatic amines is 1. The zero-order valence-corrected chi connectivity index (χ0v) is 9.51. The van der Waals surface area contributed by atoms with Crippen LogP contribution in [0.5, 0.6) is 0 Å². The van der Waals surface area contributed by atoms with Crippen molar-refractivity contribution in [3.05, 3.63) is 50.3 Å². The van der Waals surface area contributed by atoms with E-state index in [1.807, 2.05) is 0 Å². The van der Waals surface area contributed by atoms with Crippen LogP contribution in [0.3, 0.4) is 0 Å². The Kier molecular flexibility index (Phi) is 2.80. The molecule has 7 nitrogen and oxygen atoms in total. The average molecular weight is 246 g/mol. The SMILES string of the molecule is Cc1c(N)nc(-c2ccccc2[N+](=O)[O-])[nH]c1=O. The van der Waals surface area contributed by atoms with Crippen LogP contribution in [0.1, 0.15) is 5.56 Å². The number of nitrogen functional groups attached to an aromatic ring is 1. The van der Waals surface area contributed by atoms with Crippen LogP contribution >= 0.6 is 0 Å². The number of H-pyrrole nitrogens is 1. The van der Waals surface area contributed by atoms with Crippen molar-refractivity contribution in [3.63, 3.8) is 0 Å². The molecule has 2 rings (SSSR count). The molecule has 0 aliphatic rings. The fourth-order valence-corrected chi connectivity index (χ4v) is 1.51. The summed E-state index contributed by atoms with van der Waals surface area (Å²) in [6, 6.07) is 6.01. The van der Waals surface area contributed by atoms with Gasteiger partial charge in [-0.05, 0) is 13.0 Å². The maximum absolute atomic E-state index is 11.6. The largest absolute Gasteiger partial charge is 0.383 e. The summed E-state index contributed by atoms with van der Waals surface area (Å²) in [7, 11) is 0. The van der Waals surface area contributed by atoms with Crippen LogP contribution in [-0.2, 0) is 0 Å². The van der Waals surface area contributed by atoms with E-state index in [9.17, 15) is 14.9 Å². The van der Waals surface area contributed by atoms with Gasteiger partial charge in [0.1, 0.15) is 11.6 Å². The van der Waals surface area contributed by atoms with E-state index < -0.39 is 10.5 Å². The first-order valence-corrected chi connectivity index (χ1v) is 5.11. The first-order valence-electron chi connectivity index (χ1n) is 5.11. The molecule has 0 saturated carbocycles. The van der Waals surface area contributed by atoms with E-state index in [4.69, 9.17) is 5.73 Å². The summed E-state index contributed by atoms with van der Waals surface area (Å²) in [5.74, 6) is 0.155. The molecule has 0 amide bonds. The second-order valence-corrected chi connectivity index (χ2v) is 3.70. The van der Waals surface area contributed by atoms with Crippen molar-refractivity contribution >= 4 is 11.5 Å². The number of hydrogen-bond acceptors (Lipinski definition) is 5. The van der Waals surface area contributed by atoms with Gasteiger partial charge in [-0.1, -0.05) is 12.1 Å². The number of nitro groups is 1. The smallest absolute Gasteiger partial charge is 0.280 e. The van der Waals surface area contributed by atoms with Gasteiger partial charge >= 0.3 is 0 Å². The van der Waals surface area contributed by atoms with Gasteiger partial charge < -0.3 is 10.7 Å². The molecule has 7 heteroatoms. The molecule has 1 heterocycles. The Morgan fingerprint density at radius 1 is 1.39 bits per heavy atom. The standard InChI is InChI=1S/C11H10N4O3/c1-6-9(12)13-10(14-11(6)16)7-4-2-3-5-8(7)15(17)18/h2-5H,1H3,(H3,12,13,14,16). The van der Waals surface area contributed by atoms with Gasteiger partial charge in [0.05, 0.1) is 16.1 Å². The predicted molar refractivity (Wildman–Crippen MR) is 66.1 cm³/mol. The van der Waals surface area contributed by atoms with Crippen LogP contribution in [0.4, 0.5) is 11.5 Å². The van der Waals surface area contributed by atoms with Crippen molar-refractivity contribution in [2.45, 2.75) is 6.92 Å². The Hall–Kier alpha value is -2.70. The van der Waals surface area contributed by atoms with Gasteiger partial charge in [-0.15, -0.1) is 0 Å². The summed E-state index contributed by atoms with van der Waals surface area (Å²) in [5.41, 5.74) is 5.56. The summed E-state index contributed by atoms with van der Waals surface area (Å²) in [5, 5.41) is 10.9. The highest BCUT2D eigenvalue weighted by Gasteiger charge is 2.17.